The molecule has 0 fully saturated rings. The van der Waals surface area contributed by atoms with Gasteiger partial charge in [0.2, 0.25) is 5.82 Å². The fourth-order valence-electron chi connectivity index (χ4n) is 1.52. The minimum atomic E-state index is -1.15. The highest BCUT2D eigenvalue weighted by atomic mass is 16.6. The van der Waals surface area contributed by atoms with Crippen molar-refractivity contribution in [1.29, 1.82) is 0 Å². The molecule has 4 N–H and O–H groups in total. The molecule has 0 saturated heterocycles. The van der Waals surface area contributed by atoms with E-state index in [4.69, 9.17) is 10.8 Å². The number of nitrogens with two attached hydrogens (primary N) is 1. The molecule has 21 heavy (non-hydrogen) atoms. The van der Waals surface area contributed by atoms with Crippen LogP contribution in [-0.2, 0) is 6.54 Å². The second kappa shape index (κ2) is 5.81. The van der Waals surface area contributed by atoms with Gasteiger partial charge in [0.15, 0.2) is 5.69 Å². The molecular weight excluding hydrogens is 282 g/mol. The number of hydrogen-bond acceptors (Lipinski definition) is 8. The summed E-state index contributed by atoms with van der Waals surface area (Å²) in [7, 11) is 0. The minimum absolute atomic E-state index is 0.146. The molecule has 2 rings (SSSR count). The van der Waals surface area contributed by atoms with Crippen molar-refractivity contribution in [2.24, 2.45) is 0 Å². The SMILES string of the molecule is Nc1nc(NCCn2cc(C(=O)O)nn2)ccc1[N+](=O)[O-]. The second-order valence-electron chi connectivity index (χ2n) is 3.96. The summed E-state index contributed by atoms with van der Waals surface area (Å²) < 4.78 is 1.35. The molecule has 2 aromatic rings. The van der Waals surface area contributed by atoms with Gasteiger partial charge in [-0.25, -0.2) is 14.5 Å². The summed E-state index contributed by atoms with van der Waals surface area (Å²) in [6.07, 6.45) is 1.29. The molecule has 0 atom stereocenters. The number of hydrogen-bond donors (Lipinski definition) is 3. The molecule has 0 aliphatic carbocycles. The summed E-state index contributed by atoms with van der Waals surface area (Å²) in [6, 6.07) is 2.68. The zero-order valence-corrected chi connectivity index (χ0v) is 10.6. The normalized spacial score (nSPS) is 10.3. The number of anilines is 2. The van der Waals surface area contributed by atoms with Crippen molar-refractivity contribution in [3.05, 3.63) is 34.1 Å². The van der Waals surface area contributed by atoms with Crippen LogP contribution in [0.3, 0.4) is 0 Å². The Morgan fingerprint density at radius 2 is 2.29 bits per heavy atom. The molecule has 2 heterocycles. The van der Waals surface area contributed by atoms with E-state index in [2.05, 4.69) is 20.6 Å². The maximum atomic E-state index is 10.6. The van der Waals surface area contributed by atoms with Crippen molar-refractivity contribution in [3.63, 3.8) is 0 Å². The summed E-state index contributed by atoms with van der Waals surface area (Å²) in [5.41, 5.74) is 5.05. The number of carbonyl (C=O) groups is 1. The first kappa shape index (κ1) is 14.2. The zero-order valence-electron chi connectivity index (χ0n) is 10.6. The van der Waals surface area contributed by atoms with Crippen LogP contribution in [0.5, 0.6) is 0 Å². The van der Waals surface area contributed by atoms with Gasteiger partial charge in [-0.3, -0.25) is 10.1 Å². The van der Waals surface area contributed by atoms with E-state index in [1.54, 1.807) is 0 Å². The van der Waals surface area contributed by atoms with Crippen LogP contribution in [0.25, 0.3) is 0 Å². The highest BCUT2D eigenvalue weighted by molar-refractivity contribution is 5.84. The Balaban J connectivity index is 1.92. The number of nitrogens with zero attached hydrogens (tertiary/aromatic N) is 5. The van der Waals surface area contributed by atoms with Crippen LogP contribution in [0.4, 0.5) is 17.3 Å². The van der Waals surface area contributed by atoms with Crippen molar-refractivity contribution < 1.29 is 14.8 Å². The zero-order chi connectivity index (χ0) is 15.4. The molecular formula is C10H11N7O4. The maximum absolute atomic E-state index is 10.6. The molecule has 0 aliphatic rings. The van der Waals surface area contributed by atoms with Gasteiger partial charge in [0, 0.05) is 12.6 Å². The Morgan fingerprint density at radius 1 is 1.52 bits per heavy atom. The fraction of sp³-hybridized carbons (Fsp3) is 0.200. The highest BCUT2D eigenvalue weighted by Gasteiger charge is 2.12. The number of aromatic nitrogens is 4. The lowest BCUT2D eigenvalue weighted by atomic mass is 10.4. The first-order chi connectivity index (χ1) is 9.97. The van der Waals surface area contributed by atoms with Gasteiger partial charge in [-0.15, -0.1) is 5.10 Å². The summed E-state index contributed by atoms with van der Waals surface area (Å²) >= 11 is 0. The monoisotopic (exact) mass is 293 g/mol. The van der Waals surface area contributed by atoms with Crippen molar-refractivity contribution in [3.8, 4) is 0 Å². The predicted molar refractivity (Wildman–Crippen MR) is 70.8 cm³/mol. The number of rotatable bonds is 6. The molecule has 11 nitrogen and oxygen atoms in total. The maximum Gasteiger partial charge on any atom is 0.358 e. The molecule has 0 unspecified atom stereocenters. The van der Waals surface area contributed by atoms with Gasteiger partial charge in [0.1, 0.15) is 5.82 Å². The topological polar surface area (TPSA) is 162 Å². The van der Waals surface area contributed by atoms with Gasteiger partial charge in [-0.1, -0.05) is 5.21 Å². The van der Waals surface area contributed by atoms with E-state index in [1.165, 1.54) is 23.0 Å². The van der Waals surface area contributed by atoms with Crippen LogP contribution in [0.1, 0.15) is 10.5 Å². The lowest BCUT2D eigenvalue weighted by molar-refractivity contribution is -0.384. The van der Waals surface area contributed by atoms with Crippen molar-refractivity contribution in [2.75, 3.05) is 17.6 Å². The largest absolute Gasteiger partial charge is 0.476 e. The van der Waals surface area contributed by atoms with Gasteiger partial charge in [-0.05, 0) is 6.07 Å². The molecule has 0 radical (unpaired) electrons. The van der Waals surface area contributed by atoms with Crippen LogP contribution in [-0.4, -0.2) is 42.5 Å². The highest BCUT2D eigenvalue weighted by Crippen LogP contribution is 2.20. The number of nitro groups is 1. The standard InChI is InChI=1S/C10H11N7O4/c11-9-7(17(20)21)1-2-8(13-9)12-3-4-16-5-6(10(18)19)14-15-16/h1-2,5H,3-4H2,(H,18,19)(H3,11,12,13). The summed E-state index contributed by atoms with van der Waals surface area (Å²) in [5, 5.41) is 29.3. The Labute approximate surface area is 117 Å². The first-order valence-corrected chi connectivity index (χ1v) is 5.75. The average molecular weight is 293 g/mol. The quantitative estimate of drug-likeness (QED) is 0.490. The van der Waals surface area contributed by atoms with Gasteiger partial charge in [-0.2, -0.15) is 0 Å². The minimum Gasteiger partial charge on any atom is -0.476 e. The van der Waals surface area contributed by atoms with Gasteiger partial charge in [0.25, 0.3) is 0 Å². The Morgan fingerprint density at radius 3 is 2.86 bits per heavy atom. The number of carboxylic acid groups (broad SMARTS) is 1. The van der Waals surface area contributed by atoms with Crippen LogP contribution in [0.15, 0.2) is 18.3 Å². The van der Waals surface area contributed by atoms with Crippen LogP contribution in [0, 0.1) is 10.1 Å². The number of aromatic carboxylic acids is 1. The molecule has 0 saturated carbocycles. The van der Waals surface area contributed by atoms with Crippen LogP contribution < -0.4 is 11.1 Å². The van der Waals surface area contributed by atoms with E-state index in [-0.39, 0.29) is 17.2 Å². The average Bonchev–Trinajstić information content (AvgIpc) is 2.87. The molecule has 0 aliphatic heterocycles. The lowest BCUT2D eigenvalue weighted by Gasteiger charge is -2.05. The smallest absolute Gasteiger partial charge is 0.358 e. The van der Waals surface area contributed by atoms with E-state index in [9.17, 15) is 14.9 Å². The predicted octanol–water partition coefficient (Wildman–Crippen LogP) is -0.0262. The summed E-state index contributed by atoms with van der Waals surface area (Å²) in [6.45, 7) is 0.714. The van der Waals surface area contributed by atoms with Gasteiger partial charge < -0.3 is 16.2 Å². The van der Waals surface area contributed by atoms with E-state index < -0.39 is 10.9 Å². The third-order valence-electron chi connectivity index (χ3n) is 2.50. The Hall–Kier alpha value is -3.24. The number of pyridine rings is 1. The van der Waals surface area contributed by atoms with Crippen molar-refractivity contribution in [1.82, 2.24) is 20.0 Å². The van der Waals surface area contributed by atoms with E-state index >= 15 is 0 Å². The molecule has 11 heteroatoms. The van der Waals surface area contributed by atoms with E-state index in [0.29, 0.717) is 18.9 Å². The van der Waals surface area contributed by atoms with Gasteiger partial charge in [0.05, 0.1) is 17.7 Å². The molecule has 110 valence electrons. The van der Waals surface area contributed by atoms with Crippen LogP contribution in [0.2, 0.25) is 0 Å². The number of carboxylic acids is 1. The molecule has 0 amide bonds. The third-order valence-corrected chi connectivity index (χ3v) is 2.50. The summed E-state index contributed by atoms with van der Waals surface area (Å²) in [4.78, 5) is 24.4. The third kappa shape index (κ3) is 3.40. The molecule has 0 aromatic carbocycles. The number of nitrogen functional groups attached to an aromatic ring is 1. The number of nitrogens with one attached hydrogen (secondary N) is 1. The lowest BCUT2D eigenvalue weighted by Crippen LogP contribution is -2.12. The van der Waals surface area contributed by atoms with E-state index in [0.717, 1.165) is 0 Å². The van der Waals surface area contributed by atoms with Gasteiger partial charge >= 0.3 is 11.7 Å². The van der Waals surface area contributed by atoms with Crippen LogP contribution >= 0.6 is 0 Å². The Bertz CT molecular complexity index is 684. The molecule has 0 bridgehead atoms. The molecule has 2 aromatic heterocycles. The van der Waals surface area contributed by atoms with Crippen molar-refractivity contribution >= 4 is 23.3 Å². The van der Waals surface area contributed by atoms with Crippen molar-refractivity contribution in [2.45, 2.75) is 6.54 Å². The van der Waals surface area contributed by atoms with E-state index in [1.807, 2.05) is 0 Å². The first-order valence-electron chi connectivity index (χ1n) is 5.75. The second-order valence-corrected chi connectivity index (χ2v) is 3.96. The summed E-state index contributed by atoms with van der Waals surface area (Å²) in [5.74, 6) is -0.963. The fourth-order valence-corrected chi connectivity index (χ4v) is 1.52. The molecule has 0 spiro atoms. The Kier molecular flexibility index (Phi) is 3.92.